The predicted octanol–water partition coefficient (Wildman–Crippen LogP) is 3.27. The van der Waals surface area contributed by atoms with Crippen molar-refractivity contribution in [1.82, 2.24) is 5.32 Å². The van der Waals surface area contributed by atoms with Crippen LogP contribution in [-0.2, 0) is 6.54 Å². The highest BCUT2D eigenvalue weighted by Gasteiger charge is 2.11. The fourth-order valence-electron chi connectivity index (χ4n) is 2.60. The van der Waals surface area contributed by atoms with Gasteiger partial charge in [-0.25, -0.2) is 0 Å². The van der Waals surface area contributed by atoms with Crippen LogP contribution in [0, 0.1) is 0 Å². The average molecular weight is 327 g/mol. The summed E-state index contributed by atoms with van der Waals surface area (Å²) in [6.07, 6.45) is -0.668. The number of nitrogens with one attached hydrogen (secondary N) is 1. The van der Waals surface area contributed by atoms with E-state index in [0.717, 1.165) is 22.3 Å². The topological polar surface area (TPSA) is 63.9 Å². The number of hydrogen-bond acceptors (Lipinski definition) is 5. The van der Waals surface area contributed by atoms with E-state index in [-0.39, 0.29) is 0 Å². The molecule has 0 aliphatic carbocycles. The molecule has 3 rings (SSSR count). The van der Waals surface area contributed by atoms with Crippen molar-refractivity contribution in [1.29, 1.82) is 0 Å². The van der Waals surface area contributed by atoms with E-state index < -0.39 is 6.10 Å². The Kier molecular flexibility index (Phi) is 5.03. The molecule has 0 saturated heterocycles. The Balaban J connectivity index is 1.61. The fourth-order valence-corrected chi connectivity index (χ4v) is 2.60. The summed E-state index contributed by atoms with van der Waals surface area (Å²) < 4.78 is 16.2. The van der Waals surface area contributed by atoms with E-state index in [1.807, 2.05) is 30.3 Å². The molecule has 1 aromatic heterocycles. The minimum atomic E-state index is -0.668. The molecule has 0 spiro atoms. The van der Waals surface area contributed by atoms with Crippen LogP contribution in [0.2, 0.25) is 0 Å². The number of methoxy groups -OCH3 is 2. The van der Waals surface area contributed by atoms with Crippen molar-refractivity contribution >= 4 is 11.0 Å². The van der Waals surface area contributed by atoms with Gasteiger partial charge >= 0.3 is 0 Å². The lowest BCUT2D eigenvalue weighted by Crippen LogP contribution is -2.20. The number of benzene rings is 2. The van der Waals surface area contributed by atoms with Gasteiger partial charge in [-0.1, -0.05) is 18.2 Å². The van der Waals surface area contributed by atoms with Gasteiger partial charge in [0.05, 0.1) is 26.9 Å². The zero-order valence-electron chi connectivity index (χ0n) is 13.8. The lowest BCUT2D eigenvalue weighted by Gasteiger charge is -2.14. The number of rotatable bonds is 7. The molecule has 1 atom stereocenters. The molecule has 24 heavy (non-hydrogen) atoms. The van der Waals surface area contributed by atoms with Gasteiger partial charge < -0.3 is 24.3 Å². The van der Waals surface area contributed by atoms with E-state index in [9.17, 15) is 5.11 Å². The number of para-hydroxylation sites is 1. The summed E-state index contributed by atoms with van der Waals surface area (Å²) in [5.74, 6) is 2.15. The molecule has 3 aromatic rings. The number of fused-ring (bicyclic) bond motifs is 1. The Morgan fingerprint density at radius 3 is 2.42 bits per heavy atom. The Hall–Kier alpha value is -2.50. The van der Waals surface area contributed by atoms with Gasteiger partial charge in [0.1, 0.15) is 22.8 Å². The lowest BCUT2D eigenvalue weighted by atomic mass is 10.1. The summed E-state index contributed by atoms with van der Waals surface area (Å²) >= 11 is 0. The SMILES string of the molecule is COc1cc(OC)cc(C(O)CNCc2cc3ccccc3o2)c1. The number of hydrogen-bond donors (Lipinski definition) is 2. The number of aliphatic hydroxyl groups is 1. The molecule has 0 radical (unpaired) electrons. The standard InChI is InChI=1S/C19H21NO4/c1-22-15-8-14(9-16(10-15)23-2)18(21)12-20-11-17-7-13-5-3-4-6-19(13)24-17/h3-10,18,20-21H,11-12H2,1-2H3. The van der Waals surface area contributed by atoms with E-state index in [1.54, 1.807) is 32.4 Å². The van der Waals surface area contributed by atoms with Crippen molar-refractivity contribution in [3.63, 3.8) is 0 Å². The molecule has 1 heterocycles. The minimum Gasteiger partial charge on any atom is -0.497 e. The molecule has 5 heteroatoms. The maximum atomic E-state index is 10.4. The Morgan fingerprint density at radius 1 is 1.04 bits per heavy atom. The molecule has 0 bridgehead atoms. The van der Waals surface area contributed by atoms with Gasteiger partial charge in [0.25, 0.3) is 0 Å². The van der Waals surface area contributed by atoms with Gasteiger partial charge in [-0.15, -0.1) is 0 Å². The van der Waals surface area contributed by atoms with Crippen molar-refractivity contribution < 1.29 is 19.0 Å². The highest BCUT2D eigenvalue weighted by atomic mass is 16.5. The molecule has 5 nitrogen and oxygen atoms in total. The molecule has 126 valence electrons. The second-order valence-electron chi connectivity index (χ2n) is 5.54. The van der Waals surface area contributed by atoms with Gasteiger partial charge in [0.15, 0.2) is 0 Å². The molecule has 2 N–H and O–H groups in total. The summed E-state index contributed by atoms with van der Waals surface area (Å²) in [7, 11) is 3.18. The predicted molar refractivity (Wildman–Crippen MR) is 92.4 cm³/mol. The van der Waals surface area contributed by atoms with Crippen LogP contribution in [-0.4, -0.2) is 25.9 Å². The molecule has 0 aliphatic rings. The molecule has 1 unspecified atom stereocenters. The van der Waals surface area contributed by atoms with Gasteiger partial charge in [-0.3, -0.25) is 0 Å². The zero-order valence-corrected chi connectivity index (χ0v) is 13.8. The second kappa shape index (κ2) is 7.38. The molecule has 0 saturated carbocycles. The van der Waals surface area contributed by atoms with Crippen LogP contribution in [0.1, 0.15) is 17.4 Å². The monoisotopic (exact) mass is 327 g/mol. The van der Waals surface area contributed by atoms with Gasteiger partial charge in [0.2, 0.25) is 0 Å². The first-order valence-electron chi connectivity index (χ1n) is 7.79. The fraction of sp³-hybridized carbons (Fsp3) is 0.263. The zero-order chi connectivity index (χ0) is 16.9. The third-order valence-corrected chi connectivity index (χ3v) is 3.87. The Morgan fingerprint density at radius 2 is 1.75 bits per heavy atom. The van der Waals surface area contributed by atoms with Gasteiger partial charge in [0, 0.05) is 18.0 Å². The Bertz CT molecular complexity index is 757. The maximum Gasteiger partial charge on any atom is 0.134 e. The van der Waals surface area contributed by atoms with Crippen LogP contribution in [0.5, 0.6) is 11.5 Å². The van der Waals surface area contributed by atoms with Gasteiger partial charge in [-0.05, 0) is 29.8 Å². The number of aliphatic hydroxyl groups excluding tert-OH is 1. The molecule has 0 amide bonds. The van der Waals surface area contributed by atoms with Crippen LogP contribution in [0.15, 0.2) is 52.9 Å². The highest BCUT2D eigenvalue weighted by molar-refractivity contribution is 5.77. The third kappa shape index (κ3) is 3.69. The van der Waals surface area contributed by atoms with E-state index in [1.165, 1.54) is 0 Å². The van der Waals surface area contributed by atoms with E-state index >= 15 is 0 Å². The highest BCUT2D eigenvalue weighted by Crippen LogP contribution is 2.26. The summed E-state index contributed by atoms with van der Waals surface area (Å²) in [5.41, 5.74) is 1.61. The first kappa shape index (κ1) is 16.4. The third-order valence-electron chi connectivity index (χ3n) is 3.87. The van der Waals surface area contributed by atoms with Crippen molar-refractivity contribution in [3.8, 4) is 11.5 Å². The summed E-state index contributed by atoms with van der Waals surface area (Å²) in [6.45, 7) is 0.945. The quantitative estimate of drug-likeness (QED) is 0.697. The molecular weight excluding hydrogens is 306 g/mol. The second-order valence-corrected chi connectivity index (χ2v) is 5.54. The Labute approximate surface area is 140 Å². The maximum absolute atomic E-state index is 10.4. The van der Waals surface area contributed by atoms with Crippen LogP contribution in [0.3, 0.4) is 0 Å². The van der Waals surface area contributed by atoms with Crippen LogP contribution >= 0.6 is 0 Å². The molecular formula is C19H21NO4. The molecule has 0 aliphatic heterocycles. The van der Waals surface area contributed by atoms with Crippen LogP contribution in [0.25, 0.3) is 11.0 Å². The minimum absolute atomic E-state index is 0.396. The van der Waals surface area contributed by atoms with Gasteiger partial charge in [-0.2, -0.15) is 0 Å². The first-order chi connectivity index (χ1) is 11.7. The average Bonchev–Trinajstić information content (AvgIpc) is 3.03. The lowest BCUT2D eigenvalue weighted by molar-refractivity contribution is 0.172. The van der Waals surface area contributed by atoms with Crippen LogP contribution in [0.4, 0.5) is 0 Å². The number of ether oxygens (including phenoxy) is 2. The van der Waals surface area contributed by atoms with E-state index in [4.69, 9.17) is 13.9 Å². The largest absolute Gasteiger partial charge is 0.497 e. The van der Waals surface area contributed by atoms with Crippen molar-refractivity contribution in [2.45, 2.75) is 12.6 Å². The van der Waals surface area contributed by atoms with Crippen molar-refractivity contribution in [2.75, 3.05) is 20.8 Å². The smallest absolute Gasteiger partial charge is 0.134 e. The van der Waals surface area contributed by atoms with E-state index in [0.29, 0.717) is 24.6 Å². The summed E-state index contributed by atoms with van der Waals surface area (Å²) in [6, 6.07) is 15.3. The first-order valence-corrected chi connectivity index (χ1v) is 7.79. The van der Waals surface area contributed by atoms with Crippen molar-refractivity contribution in [2.24, 2.45) is 0 Å². The summed E-state index contributed by atoms with van der Waals surface area (Å²) in [4.78, 5) is 0. The summed E-state index contributed by atoms with van der Waals surface area (Å²) in [5, 5.41) is 14.7. The van der Waals surface area contributed by atoms with E-state index in [2.05, 4.69) is 5.32 Å². The van der Waals surface area contributed by atoms with Crippen molar-refractivity contribution in [3.05, 3.63) is 59.9 Å². The molecule has 2 aromatic carbocycles. The number of furan rings is 1. The molecule has 0 fully saturated rings. The van der Waals surface area contributed by atoms with Crippen LogP contribution < -0.4 is 14.8 Å². The normalized spacial score (nSPS) is 12.3.